The maximum absolute atomic E-state index is 14.3. The summed E-state index contributed by atoms with van der Waals surface area (Å²) in [5, 5.41) is 0. The van der Waals surface area contributed by atoms with Gasteiger partial charge in [-0.25, -0.2) is 8.42 Å². The molecule has 0 aromatic heterocycles. The van der Waals surface area contributed by atoms with Gasteiger partial charge in [0.25, 0.3) is 0 Å². The monoisotopic (exact) mass is 558 g/mol. The summed E-state index contributed by atoms with van der Waals surface area (Å²) in [7, 11) is -0.828. The maximum atomic E-state index is 14.3. The SMILES string of the molecule is COc1ccc(C(C)(c2ccc(OOc3ccc(S(=O)(=O)c4ccc(OC)cc4)cc3)cc2)C(F)(F)F)cc1. The molecule has 0 amide bonds. The van der Waals surface area contributed by atoms with E-state index in [-0.39, 0.29) is 32.4 Å². The number of sulfone groups is 1. The predicted molar refractivity (Wildman–Crippen MR) is 138 cm³/mol. The van der Waals surface area contributed by atoms with Crippen LogP contribution in [0.25, 0.3) is 0 Å². The van der Waals surface area contributed by atoms with E-state index in [1.165, 1.54) is 99.1 Å². The van der Waals surface area contributed by atoms with E-state index >= 15 is 0 Å². The summed E-state index contributed by atoms with van der Waals surface area (Å²) in [4.78, 5) is 10.7. The van der Waals surface area contributed by atoms with Crippen LogP contribution in [0.3, 0.4) is 0 Å². The average molecular weight is 559 g/mol. The molecule has 4 aromatic rings. The highest BCUT2D eigenvalue weighted by Gasteiger charge is 2.53. The molecule has 0 radical (unpaired) electrons. The number of halogens is 3. The lowest BCUT2D eigenvalue weighted by molar-refractivity contribution is -0.173. The molecule has 0 heterocycles. The molecule has 1 atom stereocenters. The van der Waals surface area contributed by atoms with E-state index in [9.17, 15) is 21.6 Å². The first kappa shape index (κ1) is 27.8. The van der Waals surface area contributed by atoms with E-state index in [4.69, 9.17) is 19.2 Å². The Hall–Kier alpha value is -4.18. The highest BCUT2D eigenvalue weighted by Crippen LogP contribution is 2.46. The minimum absolute atomic E-state index is 0.0145. The van der Waals surface area contributed by atoms with E-state index in [1.54, 1.807) is 12.1 Å². The number of ether oxygens (including phenoxy) is 2. The molecule has 0 aliphatic carbocycles. The smallest absolute Gasteiger partial charge is 0.402 e. The Bertz CT molecular complexity index is 1500. The van der Waals surface area contributed by atoms with E-state index in [1.807, 2.05) is 0 Å². The summed E-state index contributed by atoms with van der Waals surface area (Å²) in [5.74, 6) is 1.35. The fraction of sp³-hybridized carbons (Fsp3) is 0.172. The van der Waals surface area contributed by atoms with Crippen molar-refractivity contribution in [1.29, 1.82) is 0 Å². The van der Waals surface area contributed by atoms with Crippen molar-refractivity contribution >= 4 is 9.84 Å². The third-order valence-electron chi connectivity index (χ3n) is 6.40. The molecule has 0 aliphatic rings. The standard InChI is InChI=1S/C29H25F3O6S/c1-28(29(30,31)32,20-4-8-22(35-2)9-5-20)21-6-10-24(11-7-21)37-38-25-14-18-27(19-15-25)39(33,34)26-16-12-23(36-3)13-17-26/h4-19H,1-3H3. The number of benzene rings is 4. The molecular weight excluding hydrogens is 533 g/mol. The van der Waals surface area contributed by atoms with Crippen LogP contribution in [-0.4, -0.2) is 28.8 Å². The summed E-state index contributed by atoms with van der Waals surface area (Å²) < 4.78 is 78.6. The minimum Gasteiger partial charge on any atom is -0.497 e. The second kappa shape index (κ2) is 10.9. The van der Waals surface area contributed by atoms with Crippen molar-refractivity contribution in [3.63, 3.8) is 0 Å². The van der Waals surface area contributed by atoms with Crippen molar-refractivity contribution < 1.29 is 40.8 Å². The number of rotatable bonds is 9. The molecule has 39 heavy (non-hydrogen) atoms. The second-order valence-corrected chi connectivity index (χ2v) is 10.6. The first-order valence-electron chi connectivity index (χ1n) is 11.6. The third-order valence-corrected chi connectivity index (χ3v) is 8.19. The normalized spacial score (nSPS) is 13.3. The topological polar surface area (TPSA) is 71.1 Å². The predicted octanol–water partition coefficient (Wildman–Crippen LogP) is 6.78. The molecule has 10 heteroatoms. The molecular formula is C29H25F3O6S. The van der Waals surface area contributed by atoms with E-state index in [0.29, 0.717) is 11.5 Å². The Morgan fingerprint density at radius 1 is 0.538 bits per heavy atom. The van der Waals surface area contributed by atoms with Gasteiger partial charge in [-0.05, 0) is 90.8 Å². The summed E-state index contributed by atoms with van der Waals surface area (Å²) in [6, 6.07) is 22.7. The lowest BCUT2D eigenvalue weighted by Crippen LogP contribution is -2.40. The molecule has 4 aromatic carbocycles. The molecule has 1 unspecified atom stereocenters. The molecule has 0 N–H and O–H groups in total. The van der Waals surface area contributed by atoms with Crippen LogP contribution in [0.15, 0.2) is 107 Å². The van der Waals surface area contributed by atoms with Crippen molar-refractivity contribution in [1.82, 2.24) is 0 Å². The van der Waals surface area contributed by atoms with Gasteiger partial charge in [0.2, 0.25) is 9.84 Å². The Labute approximate surface area is 224 Å². The molecule has 0 fully saturated rings. The first-order valence-corrected chi connectivity index (χ1v) is 13.1. The number of methoxy groups -OCH3 is 2. The Kier molecular flexibility index (Phi) is 7.78. The van der Waals surface area contributed by atoms with Crippen molar-refractivity contribution in [3.8, 4) is 23.0 Å². The molecule has 0 saturated heterocycles. The van der Waals surface area contributed by atoms with E-state index in [0.717, 1.165) is 6.92 Å². The number of alkyl halides is 3. The highest BCUT2D eigenvalue weighted by molar-refractivity contribution is 7.91. The van der Waals surface area contributed by atoms with Gasteiger partial charge in [-0.2, -0.15) is 13.2 Å². The molecule has 0 saturated carbocycles. The fourth-order valence-electron chi connectivity index (χ4n) is 3.92. The van der Waals surface area contributed by atoms with Gasteiger partial charge < -0.3 is 9.47 Å². The van der Waals surface area contributed by atoms with Gasteiger partial charge in [-0.1, -0.05) is 24.3 Å². The van der Waals surface area contributed by atoms with Gasteiger partial charge in [0.15, 0.2) is 11.5 Å². The summed E-state index contributed by atoms with van der Waals surface area (Å²) in [5.41, 5.74) is -2.20. The second-order valence-electron chi connectivity index (χ2n) is 8.69. The van der Waals surface area contributed by atoms with Gasteiger partial charge in [-0.3, -0.25) is 9.78 Å². The molecule has 4 rings (SSSR count). The molecule has 204 valence electrons. The summed E-state index contributed by atoms with van der Waals surface area (Å²) >= 11 is 0. The van der Waals surface area contributed by atoms with Crippen molar-refractivity contribution in [2.75, 3.05) is 14.2 Å². The minimum atomic E-state index is -4.58. The molecule has 0 bridgehead atoms. The van der Waals surface area contributed by atoms with Crippen LogP contribution in [0, 0.1) is 0 Å². The zero-order valence-electron chi connectivity index (χ0n) is 21.2. The van der Waals surface area contributed by atoms with Crippen molar-refractivity contribution in [3.05, 3.63) is 108 Å². The van der Waals surface area contributed by atoms with E-state index in [2.05, 4.69) is 0 Å². The van der Waals surface area contributed by atoms with Crippen LogP contribution in [-0.2, 0) is 15.3 Å². The Morgan fingerprint density at radius 2 is 0.846 bits per heavy atom. The van der Waals surface area contributed by atoms with E-state index < -0.39 is 21.4 Å². The molecule has 0 spiro atoms. The van der Waals surface area contributed by atoms with Crippen LogP contribution in [0.4, 0.5) is 13.2 Å². The van der Waals surface area contributed by atoms with Crippen molar-refractivity contribution in [2.45, 2.75) is 28.3 Å². The van der Waals surface area contributed by atoms with Gasteiger partial charge in [0, 0.05) is 0 Å². The lowest BCUT2D eigenvalue weighted by atomic mass is 9.75. The van der Waals surface area contributed by atoms with Gasteiger partial charge in [0.1, 0.15) is 16.9 Å². The lowest BCUT2D eigenvalue weighted by Gasteiger charge is -2.33. The highest BCUT2D eigenvalue weighted by atomic mass is 32.2. The van der Waals surface area contributed by atoms with Gasteiger partial charge >= 0.3 is 6.18 Å². The first-order chi connectivity index (χ1) is 18.5. The molecule has 6 nitrogen and oxygen atoms in total. The zero-order valence-corrected chi connectivity index (χ0v) is 22.0. The van der Waals surface area contributed by atoms with Crippen LogP contribution < -0.4 is 19.2 Å². The van der Waals surface area contributed by atoms with Crippen LogP contribution in [0.2, 0.25) is 0 Å². The number of hydrogen-bond acceptors (Lipinski definition) is 6. The van der Waals surface area contributed by atoms with Crippen LogP contribution >= 0.6 is 0 Å². The zero-order chi connectivity index (χ0) is 28.3. The quantitative estimate of drug-likeness (QED) is 0.167. The summed E-state index contributed by atoms with van der Waals surface area (Å²) in [6.45, 7) is 1.11. The average Bonchev–Trinajstić information content (AvgIpc) is 2.95. The van der Waals surface area contributed by atoms with Gasteiger partial charge in [-0.15, -0.1) is 0 Å². The number of hydrogen-bond donors (Lipinski definition) is 0. The summed E-state index contributed by atoms with van der Waals surface area (Å²) in [6.07, 6.45) is -4.58. The van der Waals surface area contributed by atoms with Crippen molar-refractivity contribution in [2.24, 2.45) is 0 Å². The largest absolute Gasteiger partial charge is 0.497 e. The Morgan fingerprint density at radius 3 is 1.18 bits per heavy atom. The fourth-order valence-corrected chi connectivity index (χ4v) is 5.18. The maximum Gasteiger partial charge on any atom is 0.402 e. The Balaban J connectivity index is 1.47. The van der Waals surface area contributed by atoms with Gasteiger partial charge in [0.05, 0.1) is 24.0 Å². The van der Waals surface area contributed by atoms with Crippen LogP contribution in [0.5, 0.6) is 23.0 Å². The third kappa shape index (κ3) is 5.65. The van der Waals surface area contributed by atoms with Crippen LogP contribution in [0.1, 0.15) is 18.1 Å². The molecule has 0 aliphatic heterocycles.